The highest BCUT2D eigenvalue weighted by molar-refractivity contribution is 5.28. The van der Waals surface area contributed by atoms with Gasteiger partial charge in [0.05, 0.1) is 0 Å². The Morgan fingerprint density at radius 2 is 1.75 bits per heavy atom. The predicted molar refractivity (Wildman–Crippen MR) is 68.9 cm³/mol. The van der Waals surface area contributed by atoms with Crippen molar-refractivity contribution in [3.8, 4) is 5.75 Å². The number of phenols is 1. The monoisotopic (exact) mass is 221 g/mol. The number of hydrogen-bond acceptors (Lipinski definition) is 2. The quantitative estimate of drug-likeness (QED) is 0.826. The van der Waals surface area contributed by atoms with Gasteiger partial charge in [-0.15, -0.1) is 0 Å². The van der Waals surface area contributed by atoms with E-state index in [1.54, 1.807) is 12.1 Å². The maximum absolute atomic E-state index is 9.29. The van der Waals surface area contributed by atoms with Gasteiger partial charge in [0.1, 0.15) is 5.75 Å². The van der Waals surface area contributed by atoms with Crippen LogP contribution >= 0.6 is 0 Å². The van der Waals surface area contributed by atoms with Crippen molar-refractivity contribution < 1.29 is 5.11 Å². The van der Waals surface area contributed by atoms with E-state index in [2.05, 4.69) is 32.8 Å². The molecular formula is C14H23NO. The van der Waals surface area contributed by atoms with Crippen molar-refractivity contribution in [1.82, 2.24) is 4.90 Å². The number of phenolic OH excluding ortho intramolecular Hbond substituents is 1. The molecule has 1 aromatic rings. The SMILES string of the molecule is CCC(c1ccc(O)cc1)C(C)CN(C)C. The molecule has 1 rings (SSSR count). The van der Waals surface area contributed by atoms with Crippen LogP contribution in [0.5, 0.6) is 5.75 Å². The molecule has 2 atom stereocenters. The van der Waals surface area contributed by atoms with Gasteiger partial charge in [0.15, 0.2) is 0 Å². The fourth-order valence-corrected chi connectivity index (χ4v) is 2.39. The molecule has 0 aliphatic carbocycles. The molecule has 2 nitrogen and oxygen atoms in total. The van der Waals surface area contributed by atoms with Crippen molar-refractivity contribution in [2.75, 3.05) is 20.6 Å². The Labute approximate surface area is 98.9 Å². The van der Waals surface area contributed by atoms with Gasteiger partial charge in [-0.3, -0.25) is 0 Å². The van der Waals surface area contributed by atoms with E-state index >= 15 is 0 Å². The molecule has 0 spiro atoms. The second-order valence-electron chi connectivity index (χ2n) is 4.85. The summed E-state index contributed by atoms with van der Waals surface area (Å²) in [4.78, 5) is 2.23. The summed E-state index contributed by atoms with van der Waals surface area (Å²) in [5.74, 6) is 1.55. The van der Waals surface area contributed by atoms with Crippen LogP contribution in [0.1, 0.15) is 31.7 Å². The van der Waals surface area contributed by atoms with Crippen molar-refractivity contribution in [3.05, 3.63) is 29.8 Å². The first kappa shape index (κ1) is 13.0. The second kappa shape index (κ2) is 5.90. The number of aromatic hydroxyl groups is 1. The summed E-state index contributed by atoms with van der Waals surface area (Å²) in [6.45, 7) is 5.62. The summed E-state index contributed by atoms with van der Waals surface area (Å²) in [7, 11) is 4.22. The Kier molecular flexibility index (Phi) is 4.81. The van der Waals surface area contributed by atoms with Gasteiger partial charge in [-0.1, -0.05) is 26.0 Å². The number of nitrogens with zero attached hydrogens (tertiary/aromatic N) is 1. The lowest BCUT2D eigenvalue weighted by Gasteiger charge is -2.26. The molecule has 0 aromatic heterocycles. The lowest BCUT2D eigenvalue weighted by Crippen LogP contribution is -2.24. The van der Waals surface area contributed by atoms with Gasteiger partial charge in [0.2, 0.25) is 0 Å². The highest BCUT2D eigenvalue weighted by Gasteiger charge is 2.17. The molecule has 16 heavy (non-hydrogen) atoms. The second-order valence-corrected chi connectivity index (χ2v) is 4.85. The van der Waals surface area contributed by atoms with E-state index in [4.69, 9.17) is 0 Å². The Hall–Kier alpha value is -1.02. The van der Waals surface area contributed by atoms with Gasteiger partial charge in [0.25, 0.3) is 0 Å². The summed E-state index contributed by atoms with van der Waals surface area (Å²) in [5, 5.41) is 9.29. The minimum absolute atomic E-state index is 0.346. The summed E-state index contributed by atoms with van der Waals surface area (Å²) < 4.78 is 0. The Balaban J connectivity index is 2.77. The minimum Gasteiger partial charge on any atom is -0.508 e. The van der Waals surface area contributed by atoms with Crippen LogP contribution in [0, 0.1) is 5.92 Å². The highest BCUT2D eigenvalue weighted by atomic mass is 16.3. The first-order valence-electron chi connectivity index (χ1n) is 5.98. The largest absolute Gasteiger partial charge is 0.508 e. The predicted octanol–water partition coefficient (Wildman–Crippen LogP) is 3.08. The van der Waals surface area contributed by atoms with Crippen molar-refractivity contribution in [2.24, 2.45) is 5.92 Å². The number of benzene rings is 1. The van der Waals surface area contributed by atoms with E-state index in [1.165, 1.54) is 5.56 Å². The molecule has 90 valence electrons. The van der Waals surface area contributed by atoms with Gasteiger partial charge in [-0.2, -0.15) is 0 Å². The first-order valence-corrected chi connectivity index (χ1v) is 5.98. The molecule has 2 unspecified atom stereocenters. The van der Waals surface area contributed by atoms with Gasteiger partial charge < -0.3 is 10.0 Å². The van der Waals surface area contributed by atoms with E-state index in [0.717, 1.165) is 13.0 Å². The molecule has 0 saturated heterocycles. The Bertz CT molecular complexity index is 305. The summed E-state index contributed by atoms with van der Waals surface area (Å²) in [5.41, 5.74) is 1.33. The average molecular weight is 221 g/mol. The molecule has 0 heterocycles. The molecular weight excluding hydrogens is 198 g/mol. The molecule has 0 amide bonds. The first-order chi connectivity index (χ1) is 7.54. The number of hydrogen-bond donors (Lipinski definition) is 1. The van der Waals surface area contributed by atoms with Gasteiger partial charge in [-0.05, 0) is 50.0 Å². The third-order valence-corrected chi connectivity index (χ3v) is 3.10. The third kappa shape index (κ3) is 3.53. The zero-order valence-corrected chi connectivity index (χ0v) is 10.8. The fourth-order valence-electron chi connectivity index (χ4n) is 2.39. The molecule has 0 aliphatic rings. The lowest BCUT2D eigenvalue weighted by atomic mass is 9.85. The van der Waals surface area contributed by atoms with Crippen LogP contribution in [0.4, 0.5) is 0 Å². The van der Waals surface area contributed by atoms with E-state index in [1.807, 2.05) is 12.1 Å². The van der Waals surface area contributed by atoms with Crippen LogP contribution < -0.4 is 0 Å². The zero-order valence-electron chi connectivity index (χ0n) is 10.8. The topological polar surface area (TPSA) is 23.5 Å². The smallest absolute Gasteiger partial charge is 0.115 e. The van der Waals surface area contributed by atoms with E-state index in [-0.39, 0.29) is 0 Å². The molecule has 0 aliphatic heterocycles. The fraction of sp³-hybridized carbons (Fsp3) is 0.571. The summed E-state index contributed by atoms with van der Waals surface area (Å²) in [6, 6.07) is 7.63. The Morgan fingerprint density at radius 3 is 2.19 bits per heavy atom. The van der Waals surface area contributed by atoms with Gasteiger partial charge in [-0.25, -0.2) is 0 Å². The van der Waals surface area contributed by atoms with Crippen molar-refractivity contribution in [3.63, 3.8) is 0 Å². The van der Waals surface area contributed by atoms with Gasteiger partial charge >= 0.3 is 0 Å². The molecule has 0 bridgehead atoms. The lowest BCUT2D eigenvalue weighted by molar-refractivity contribution is 0.301. The summed E-state index contributed by atoms with van der Waals surface area (Å²) in [6.07, 6.45) is 1.14. The third-order valence-electron chi connectivity index (χ3n) is 3.10. The summed E-state index contributed by atoms with van der Waals surface area (Å²) >= 11 is 0. The molecule has 0 radical (unpaired) electrons. The highest BCUT2D eigenvalue weighted by Crippen LogP contribution is 2.29. The van der Waals surface area contributed by atoms with Crippen molar-refractivity contribution in [1.29, 1.82) is 0 Å². The van der Waals surface area contributed by atoms with Crippen molar-refractivity contribution in [2.45, 2.75) is 26.2 Å². The molecule has 0 saturated carbocycles. The van der Waals surface area contributed by atoms with Crippen LogP contribution in [0.25, 0.3) is 0 Å². The van der Waals surface area contributed by atoms with E-state index in [0.29, 0.717) is 17.6 Å². The van der Waals surface area contributed by atoms with Crippen LogP contribution in [0.15, 0.2) is 24.3 Å². The van der Waals surface area contributed by atoms with Crippen LogP contribution in [0.2, 0.25) is 0 Å². The molecule has 1 aromatic carbocycles. The molecule has 0 fully saturated rings. The Morgan fingerprint density at radius 1 is 1.19 bits per heavy atom. The van der Waals surface area contributed by atoms with Gasteiger partial charge in [0, 0.05) is 6.54 Å². The number of rotatable bonds is 5. The van der Waals surface area contributed by atoms with Crippen LogP contribution in [-0.4, -0.2) is 30.6 Å². The zero-order chi connectivity index (χ0) is 12.1. The molecule has 2 heteroatoms. The van der Waals surface area contributed by atoms with E-state index in [9.17, 15) is 5.11 Å². The van der Waals surface area contributed by atoms with Crippen LogP contribution in [0.3, 0.4) is 0 Å². The normalized spacial score (nSPS) is 15.1. The maximum Gasteiger partial charge on any atom is 0.115 e. The minimum atomic E-state index is 0.346. The average Bonchev–Trinajstić information content (AvgIpc) is 2.21. The van der Waals surface area contributed by atoms with E-state index < -0.39 is 0 Å². The van der Waals surface area contributed by atoms with Crippen LogP contribution in [-0.2, 0) is 0 Å². The standard InChI is InChI=1S/C14H23NO/c1-5-14(11(2)10-15(3)4)12-6-8-13(16)9-7-12/h6-9,11,14,16H,5,10H2,1-4H3. The molecule has 1 N–H and O–H groups in total. The maximum atomic E-state index is 9.29. The van der Waals surface area contributed by atoms with Crippen molar-refractivity contribution >= 4 is 0 Å².